The molecule has 1 heterocycles. The number of amides is 1. The normalized spacial score (nSPS) is 14.3. The van der Waals surface area contributed by atoms with E-state index in [0.717, 1.165) is 18.4 Å². The summed E-state index contributed by atoms with van der Waals surface area (Å²) in [4.78, 5) is 40.5. The highest BCUT2D eigenvalue weighted by Crippen LogP contribution is 2.33. The molecule has 1 aliphatic carbocycles. The Morgan fingerprint density at radius 2 is 1.81 bits per heavy atom. The van der Waals surface area contributed by atoms with Crippen molar-refractivity contribution in [1.29, 1.82) is 0 Å². The van der Waals surface area contributed by atoms with Gasteiger partial charge in [0.15, 0.2) is 5.78 Å². The second kappa shape index (κ2) is 9.04. The average Bonchev–Trinajstić information content (AvgIpc) is 3.57. The van der Waals surface area contributed by atoms with Crippen LogP contribution in [-0.4, -0.2) is 40.3 Å². The zero-order valence-electron chi connectivity index (χ0n) is 18.7. The quantitative estimate of drug-likeness (QED) is 0.470. The molecular weight excluding hydrogens is 399 g/mol. The Morgan fingerprint density at radius 3 is 2.32 bits per heavy atom. The summed E-state index contributed by atoms with van der Waals surface area (Å²) in [6.45, 7) is 7.88. The first-order chi connectivity index (χ1) is 14.7. The first-order valence-electron chi connectivity index (χ1n) is 10.6. The van der Waals surface area contributed by atoms with Crippen LogP contribution in [0.15, 0.2) is 24.3 Å². The van der Waals surface area contributed by atoms with Crippen molar-refractivity contribution < 1.29 is 23.5 Å². The van der Waals surface area contributed by atoms with Crippen molar-refractivity contribution in [1.82, 2.24) is 9.47 Å². The molecule has 3 rings (SSSR count). The minimum Gasteiger partial charge on any atom is -0.464 e. The van der Waals surface area contributed by atoms with E-state index in [4.69, 9.17) is 4.74 Å². The molecule has 1 saturated carbocycles. The van der Waals surface area contributed by atoms with Crippen molar-refractivity contribution in [2.75, 3.05) is 7.11 Å². The first-order valence-corrected chi connectivity index (χ1v) is 10.6. The number of rotatable bonds is 8. The highest BCUT2D eigenvalue weighted by atomic mass is 19.1. The molecule has 2 aromatic rings. The van der Waals surface area contributed by atoms with Crippen molar-refractivity contribution in [3.8, 4) is 0 Å². The Kier molecular flexibility index (Phi) is 6.62. The topological polar surface area (TPSA) is 68.6 Å². The first kappa shape index (κ1) is 22.7. The molecule has 1 unspecified atom stereocenters. The van der Waals surface area contributed by atoms with E-state index in [1.54, 1.807) is 42.4 Å². The Morgan fingerprint density at radius 1 is 1.19 bits per heavy atom. The number of carbonyl (C=O) groups excluding carboxylic acids is 3. The Labute approximate surface area is 182 Å². The van der Waals surface area contributed by atoms with Crippen LogP contribution in [0.3, 0.4) is 0 Å². The standard InChI is InChI=1S/C24H29FN2O4/c1-6-26-15(3)20(14(2)21(26)24(30)31-5)22(28)16(4)27(23(29)18-9-10-18)13-17-7-11-19(25)12-8-17/h7-8,11-12,16,18H,6,9-10,13H2,1-5H3. The second-order valence-corrected chi connectivity index (χ2v) is 8.08. The molecule has 166 valence electrons. The molecule has 1 aromatic carbocycles. The van der Waals surface area contributed by atoms with Gasteiger partial charge in [-0.05, 0) is 63.8 Å². The van der Waals surface area contributed by atoms with Crippen LogP contribution in [0.2, 0.25) is 0 Å². The fourth-order valence-electron chi connectivity index (χ4n) is 4.12. The van der Waals surface area contributed by atoms with Crippen LogP contribution < -0.4 is 0 Å². The van der Waals surface area contributed by atoms with E-state index in [0.29, 0.717) is 29.1 Å². The molecule has 0 radical (unpaired) electrons. The van der Waals surface area contributed by atoms with Gasteiger partial charge in [0.05, 0.1) is 13.2 Å². The number of halogens is 1. The van der Waals surface area contributed by atoms with E-state index in [1.807, 2.05) is 6.92 Å². The summed E-state index contributed by atoms with van der Waals surface area (Å²) < 4.78 is 20.0. The van der Waals surface area contributed by atoms with Crippen LogP contribution >= 0.6 is 0 Å². The smallest absolute Gasteiger partial charge is 0.354 e. The second-order valence-electron chi connectivity index (χ2n) is 8.08. The number of methoxy groups -OCH3 is 1. The molecule has 0 saturated heterocycles. The third-order valence-corrected chi connectivity index (χ3v) is 6.03. The maximum absolute atomic E-state index is 13.6. The predicted molar refractivity (Wildman–Crippen MR) is 114 cm³/mol. The average molecular weight is 429 g/mol. The molecule has 0 N–H and O–H groups in total. The number of nitrogens with zero attached hydrogens (tertiary/aromatic N) is 2. The van der Waals surface area contributed by atoms with Gasteiger partial charge in [0.2, 0.25) is 5.91 Å². The van der Waals surface area contributed by atoms with E-state index >= 15 is 0 Å². The minimum atomic E-state index is -0.728. The zero-order chi connectivity index (χ0) is 22.9. The highest BCUT2D eigenvalue weighted by molar-refractivity contribution is 6.06. The molecule has 1 aromatic heterocycles. The van der Waals surface area contributed by atoms with Crippen LogP contribution in [0.25, 0.3) is 0 Å². The molecule has 0 bridgehead atoms. The fourth-order valence-corrected chi connectivity index (χ4v) is 4.12. The van der Waals surface area contributed by atoms with E-state index in [2.05, 4.69) is 0 Å². The number of esters is 1. The highest BCUT2D eigenvalue weighted by Gasteiger charge is 2.38. The van der Waals surface area contributed by atoms with Crippen LogP contribution in [0.1, 0.15) is 64.4 Å². The monoisotopic (exact) mass is 428 g/mol. The molecule has 6 nitrogen and oxygen atoms in total. The van der Waals surface area contributed by atoms with Gasteiger partial charge in [0.1, 0.15) is 11.5 Å². The van der Waals surface area contributed by atoms with Gasteiger partial charge < -0.3 is 14.2 Å². The van der Waals surface area contributed by atoms with Crippen LogP contribution in [0, 0.1) is 25.6 Å². The predicted octanol–water partition coefficient (Wildman–Crippen LogP) is 4.06. The van der Waals surface area contributed by atoms with Gasteiger partial charge in [0, 0.05) is 30.3 Å². The van der Waals surface area contributed by atoms with Crippen LogP contribution in [0.5, 0.6) is 0 Å². The third-order valence-electron chi connectivity index (χ3n) is 6.03. The maximum Gasteiger partial charge on any atom is 0.354 e. The summed E-state index contributed by atoms with van der Waals surface area (Å²) in [5, 5.41) is 0. The van der Waals surface area contributed by atoms with Crippen molar-refractivity contribution in [3.05, 3.63) is 58.2 Å². The number of benzene rings is 1. The van der Waals surface area contributed by atoms with Gasteiger partial charge in [-0.1, -0.05) is 12.1 Å². The van der Waals surface area contributed by atoms with Gasteiger partial charge in [-0.2, -0.15) is 0 Å². The fraction of sp³-hybridized carbons (Fsp3) is 0.458. The Bertz CT molecular complexity index is 1010. The van der Waals surface area contributed by atoms with Gasteiger partial charge >= 0.3 is 5.97 Å². The van der Waals surface area contributed by atoms with E-state index in [-0.39, 0.29) is 30.0 Å². The summed E-state index contributed by atoms with van der Waals surface area (Å²) in [6.07, 6.45) is 1.63. The van der Waals surface area contributed by atoms with Gasteiger partial charge in [0.25, 0.3) is 0 Å². The molecule has 31 heavy (non-hydrogen) atoms. The number of ether oxygens (including phenoxy) is 1. The summed E-state index contributed by atoms with van der Waals surface area (Å²) in [5.74, 6) is -1.20. The van der Waals surface area contributed by atoms with Crippen molar-refractivity contribution in [3.63, 3.8) is 0 Å². The van der Waals surface area contributed by atoms with Gasteiger partial charge in [-0.25, -0.2) is 9.18 Å². The Balaban J connectivity index is 1.98. The Hall–Kier alpha value is -2.96. The molecule has 7 heteroatoms. The number of ketones is 1. The van der Waals surface area contributed by atoms with E-state index in [9.17, 15) is 18.8 Å². The summed E-state index contributed by atoms with van der Waals surface area (Å²) in [6, 6.07) is 5.21. The van der Waals surface area contributed by atoms with Crippen molar-refractivity contribution in [2.45, 2.75) is 59.7 Å². The van der Waals surface area contributed by atoms with Gasteiger partial charge in [-0.3, -0.25) is 9.59 Å². The zero-order valence-corrected chi connectivity index (χ0v) is 18.7. The number of hydrogen-bond acceptors (Lipinski definition) is 4. The lowest BCUT2D eigenvalue weighted by Crippen LogP contribution is -2.43. The number of aromatic nitrogens is 1. The molecule has 1 fully saturated rings. The molecule has 1 atom stereocenters. The van der Waals surface area contributed by atoms with E-state index in [1.165, 1.54) is 19.2 Å². The lowest BCUT2D eigenvalue weighted by molar-refractivity contribution is -0.134. The summed E-state index contributed by atoms with van der Waals surface area (Å²) in [5.41, 5.74) is 2.80. The summed E-state index contributed by atoms with van der Waals surface area (Å²) >= 11 is 0. The van der Waals surface area contributed by atoms with Crippen LogP contribution in [-0.2, 0) is 22.6 Å². The molecule has 1 amide bonds. The third kappa shape index (κ3) is 4.40. The molecule has 1 aliphatic rings. The number of Topliss-reactive ketones (excluding diaryl/α,β-unsaturated/α-hetero) is 1. The van der Waals surface area contributed by atoms with Crippen LogP contribution in [0.4, 0.5) is 4.39 Å². The minimum absolute atomic E-state index is 0.0660. The lowest BCUT2D eigenvalue weighted by atomic mass is 9.99. The van der Waals surface area contributed by atoms with Crippen molar-refractivity contribution in [2.24, 2.45) is 5.92 Å². The molecular formula is C24H29FN2O4. The number of carbonyl (C=O) groups is 3. The number of hydrogen-bond donors (Lipinski definition) is 0. The van der Waals surface area contributed by atoms with Crippen molar-refractivity contribution >= 4 is 17.7 Å². The molecule has 0 aliphatic heterocycles. The SMILES string of the molecule is CCn1c(C)c(C(=O)C(C)N(Cc2ccc(F)cc2)C(=O)C2CC2)c(C)c1C(=O)OC. The molecule has 0 spiro atoms. The maximum atomic E-state index is 13.6. The van der Waals surface area contributed by atoms with Gasteiger partial charge in [-0.15, -0.1) is 0 Å². The van der Waals surface area contributed by atoms with E-state index < -0.39 is 12.0 Å². The summed E-state index contributed by atoms with van der Waals surface area (Å²) in [7, 11) is 1.31. The largest absolute Gasteiger partial charge is 0.464 e. The lowest BCUT2D eigenvalue weighted by Gasteiger charge is -2.29.